The van der Waals surface area contributed by atoms with Crippen molar-refractivity contribution in [1.29, 1.82) is 5.26 Å². The lowest BCUT2D eigenvalue weighted by molar-refractivity contribution is 0.266. The van der Waals surface area contributed by atoms with Gasteiger partial charge in [0.2, 0.25) is 5.90 Å². The van der Waals surface area contributed by atoms with Crippen LogP contribution in [0, 0.1) is 28.4 Å². The van der Waals surface area contributed by atoms with Crippen molar-refractivity contribution in [2.24, 2.45) is 10.4 Å². The van der Waals surface area contributed by atoms with Gasteiger partial charge in [-0.15, -0.1) is 0 Å². The summed E-state index contributed by atoms with van der Waals surface area (Å²) in [6, 6.07) is 15.3. The number of nitriles is 1. The van der Waals surface area contributed by atoms with Crippen LogP contribution in [-0.4, -0.2) is 18.5 Å². The van der Waals surface area contributed by atoms with E-state index in [4.69, 9.17) is 4.74 Å². The van der Waals surface area contributed by atoms with Gasteiger partial charge in [-0.05, 0) is 29.7 Å². The van der Waals surface area contributed by atoms with Crippen LogP contribution in [0.15, 0.2) is 71.8 Å². The van der Waals surface area contributed by atoms with Crippen molar-refractivity contribution < 1.29 is 13.5 Å². The number of hydrogen-bond donors (Lipinski definition) is 0. The lowest BCUT2D eigenvalue weighted by Gasteiger charge is -2.28. The van der Waals surface area contributed by atoms with Crippen molar-refractivity contribution >= 4 is 11.5 Å². The van der Waals surface area contributed by atoms with Gasteiger partial charge in [-0.3, -0.25) is 0 Å². The highest BCUT2D eigenvalue weighted by molar-refractivity contribution is 5.95. The van der Waals surface area contributed by atoms with Crippen LogP contribution in [0.4, 0.5) is 8.78 Å². The van der Waals surface area contributed by atoms with Gasteiger partial charge in [-0.25, -0.2) is 13.8 Å². The van der Waals surface area contributed by atoms with E-state index in [1.807, 2.05) is 48.6 Å². The second kappa shape index (κ2) is 6.81. The number of rotatable bonds is 3. The third-order valence-electron chi connectivity index (χ3n) is 4.96. The van der Waals surface area contributed by atoms with E-state index in [1.165, 1.54) is 6.07 Å². The van der Waals surface area contributed by atoms with E-state index in [9.17, 15) is 14.0 Å². The molecule has 2 unspecified atom stereocenters. The quantitative estimate of drug-likeness (QED) is 0.797. The largest absolute Gasteiger partial charge is 0.475 e. The first-order chi connectivity index (χ1) is 13.1. The molecule has 0 radical (unpaired) electrons. The smallest absolute Gasteiger partial charge is 0.222 e. The molecule has 3 nitrogen and oxygen atoms in total. The molecule has 0 bridgehead atoms. The van der Waals surface area contributed by atoms with Gasteiger partial charge in [0.15, 0.2) is 0 Å². The zero-order chi connectivity index (χ0) is 18.9. The first kappa shape index (κ1) is 17.2. The van der Waals surface area contributed by atoms with Gasteiger partial charge >= 0.3 is 0 Å². The lowest BCUT2D eigenvalue weighted by atomic mass is 9.75. The maximum absolute atomic E-state index is 14.0. The molecule has 0 saturated carbocycles. The molecular formula is C22H16F2N2O. The minimum Gasteiger partial charge on any atom is -0.475 e. The summed E-state index contributed by atoms with van der Waals surface area (Å²) in [7, 11) is 0. The highest BCUT2D eigenvalue weighted by atomic mass is 19.1. The Kier molecular flexibility index (Phi) is 4.33. The average molecular weight is 362 g/mol. The average Bonchev–Trinajstić information content (AvgIpc) is 3.19. The Labute approximate surface area is 155 Å². The van der Waals surface area contributed by atoms with Gasteiger partial charge in [-0.2, -0.15) is 5.26 Å². The van der Waals surface area contributed by atoms with Crippen molar-refractivity contribution in [3.8, 4) is 6.07 Å². The van der Waals surface area contributed by atoms with Crippen molar-refractivity contribution in [3.63, 3.8) is 0 Å². The number of aliphatic imine (C=N–C) groups is 1. The molecule has 1 heterocycles. The Balaban J connectivity index is 1.62. The van der Waals surface area contributed by atoms with Crippen molar-refractivity contribution in [2.45, 2.75) is 12.5 Å². The summed E-state index contributed by atoms with van der Waals surface area (Å²) in [6.45, 7) is 0.107. The van der Waals surface area contributed by atoms with Gasteiger partial charge in [0.05, 0.1) is 6.07 Å². The summed E-state index contributed by atoms with van der Waals surface area (Å²) in [4.78, 5) is 4.36. The summed E-state index contributed by atoms with van der Waals surface area (Å²) < 4.78 is 33.5. The minimum absolute atomic E-state index is 0.0866. The number of halogens is 2. The van der Waals surface area contributed by atoms with E-state index in [0.29, 0.717) is 6.42 Å². The standard InChI is InChI=1S/C22H16F2N2O/c23-17-7-4-8-18(24)20(17)21-26-19(13-27-21)22(14-25)11-9-16(10-12-22)15-5-2-1-3-6-15/h1-11,19H,12-13H2. The summed E-state index contributed by atoms with van der Waals surface area (Å²) >= 11 is 0. The first-order valence-electron chi connectivity index (χ1n) is 8.64. The molecule has 0 amide bonds. The van der Waals surface area contributed by atoms with E-state index >= 15 is 0 Å². The van der Waals surface area contributed by atoms with E-state index in [0.717, 1.165) is 23.3 Å². The van der Waals surface area contributed by atoms with Gasteiger partial charge < -0.3 is 4.74 Å². The summed E-state index contributed by atoms with van der Waals surface area (Å²) in [5.41, 5.74) is 0.917. The topological polar surface area (TPSA) is 45.4 Å². The molecule has 0 N–H and O–H groups in total. The lowest BCUT2D eigenvalue weighted by Crippen LogP contribution is -2.32. The maximum Gasteiger partial charge on any atom is 0.222 e. The monoisotopic (exact) mass is 362 g/mol. The molecular weight excluding hydrogens is 346 g/mol. The van der Waals surface area contributed by atoms with E-state index in [2.05, 4.69) is 11.1 Å². The molecule has 0 saturated heterocycles. The van der Waals surface area contributed by atoms with Crippen LogP contribution in [0.2, 0.25) is 0 Å². The highest BCUT2D eigenvalue weighted by Crippen LogP contribution is 2.39. The van der Waals surface area contributed by atoms with Gasteiger partial charge in [0.1, 0.15) is 35.3 Å². The number of ether oxygens (including phenoxy) is 1. The molecule has 27 heavy (non-hydrogen) atoms. The van der Waals surface area contributed by atoms with E-state index in [-0.39, 0.29) is 18.1 Å². The van der Waals surface area contributed by atoms with Crippen LogP contribution in [0.1, 0.15) is 17.5 Å². The molecule has 0 fully saturated rings. The Morgan fingerprint density at radius 2 is 1.81 bits per heavy atom. The van der Waals surface area contributed by atoms with Crippen LogP contribution in [0.5, 0.6) is 0 Å². The van der Waals surface area contributed by atoms with Crippen molar-refractivity contribution in [1.82, 2.24) is 0 Å². The van der Waals surface area contributed by atoms with Crippen LogP contribution < -0.4 is 0 Å². The second-order valence-electron chi connectivity index (χ2n) is 6.57. The molecule has 134 valence electrons. The summed E-state index contributed by atoms with van der Waals surface area (Å²) in [6.07, 6.45) is 6.18. The molecule has 2 aromatic carbocycles. The van der Waals surface area contributed by atoms with E-state index < -0.39 is 23.1 Å². The zero-order valence-electron chi connectivity index (χ0n) is 14.4. The Morgan fingerprint density at radius 3 is 2.44 bits per heavy atom. The van der Waals surface area contributed by atoms with Crippen LogP contribution in [0.25, 0.3) is 5.57 Å². The normalized spacial score (nSPS) is 24.0. The van der Waals surface area contributed by atoms with Crippen LogP contribution in [0.3, 0.4) is 0 Å². The highest BCUT2D eigenvalue weighted by Gasteiger charge is 2.42. The predicted octanol–water partition coefficient (Wildman–Crippen LogP) is 4.66. The molecule has 1 aliphatic carbocycles. The van der Waals surface area contributed by atoms with E-state index in [1.54, 1.807) is 0 Å². The Hall–Kier alpha value is -3.26. The van der Waals surface area contributed by atoms with Crippen LogP contribution >= 0.6 is 0 Å². The number of allylic oxidation sites excluding steroid dienone is 3. The molecule has 5 heteroatoms. The third kappa shape index (κ3) is 3.04. The predicted molar refractivity (Wildman–Crippen MR) is 98.9 cm³/mol. The molecule has 2 aliphatic rings. The molecule has 1 aliphatic heterocycles. The van der Waals surface area contributed by atoms with Gasteiger partial charge in [0, 0.05) is 0 Å². The number of hydrogen-bond acceptors (Lipinski definition) is 3. The third-order valence-corrected chi connectivity index (χ3v) is 4.96. The number of benzene rings is 2. The van der Waals surface area contributed by atoms with Gasteiger partial charge in [0.25, 0.3) is 0 Å². The summed E-state index contributed by atoms with van der Waals surface area (Å²) in [5, 5.41) is 9.82. The fraction of sp³-hybridized carbons (Fsp3) is 0.182. The molecule has 2 aromatic rings. The Bertz CT molecular complexity index is 984. The zero-order valence-corrected chi connectivity index (χ0v) is 14.4. The fourth-order valence-corrected chi connectivity index (χ4v) is 3.38. The molecule has 0 spiro atoms. The fourth-order valence-electron chi connectivity index (χ4n) is 3.38. The molecule has 0 aromatic heterocycles. The van der Waals surface area contributed by atoms with Crippen molar-refractivity contribution in [2.75, 3.05) is 6.61 Å². The van der Waals surface area contributed by atoms with Gasteiger partial charge in [-0.1, -0.05) is 54.6 Å². The molecule has 4 rings (SSSR count). The van der Waals surface area contributed by atoms with Crippen molar-refractivity contribution in [3.05, 3.63) is 89.5 Å². The second-order valence-corrected chi connectivity index (χ2v) is 6.57. The SMILES string of the molecule is N#CC1(C2COC(c3c(F)cccc3F)=N2)C=CC(c2ccccc2)=CC1. The Morgan fingerprint density at radius 1 is 1.07 bits per heavy atom. The first-order valence-corrected chi connectivity index (χ1v) is 8.64. The maximum atomic E-state index is 14.0. The number of nitrogens with zero attached hydrogens (tertiary/aromatic N) is 2. The molecule has 2 atom stereocenters. The van der Waals surface area contributed by atoms with Crippen LogP contribution in [-0.2, 0) is 4.74 Å². The minimum atomic E-state index is -0.901. The summed E-state index contributed by atoms with van der Waals surface area (Å²) in [5.74, 6) is -1.55.